The fourth-order valence-electron chi connectivity index (χ4n) is 2.85. The van der Waals surface area contributed by atoms with Crippen molar-refractivity contribution in [3.63, 3.8) is 0 Å². The predicted molar refractivity (Wildman–Crippen MR) is 90.9 cm³/mol. The van der Waals surface area contributed by atoms with Crippen molar-refractivity contribution in [1.82, 2.24) is 15.3 Å². The molecular formula is C17H19ClN4O. The third-order valence-corrected chi connectivity index (χ3v) is 4.51. The minimum Gasteiger partial charge on any atom is -0.348 e. The number of anilines is 1. The number of nitrogens with one attached hydrogen (secondary N) is 1. The third-order valence-electron chi connectivity index (χ3n) is 4.10. The molecule has 1 aromatic carbocycles. The minimum atomic E-state index is -0.0779. The van der Waals surface area contributed by atoms with Crippen LogP contribution in [-0.4, -0.2) is 35.0 Å². The molecule has 2 heterocycles. The number of carbonyl (C=O) groups is 1. The van der Waals surface area contributed by atoms with Gasteiger partial charge in [0.25, 0.3) is 5.91 Å². The van der Waals surface area contributed by atoms with Crippen LogP contribution in [0.25, 0.3) is 0 Å². The Kier molecular flexibility index (Phi) is 4.76. The Bertz CT molecular complexity index is 692. The number of hydrogen-bond donors (Lipinski definition) is 1. The van der Waals surface area contributed by atoms with Crippen molar-refractivity contribution >= 4 is 23.5 Å². The van der Waals surface area contributed by atoms with Crippen LogP contribution in [0.1, 0.15) is 28.8 Å². The van der Waals surface area contributed by atoms with E-state index < -0.39 is 0 Å². The molecule has 1 atom stereocenters. The van der Waals surface area contributed by atoms with E-state index in [1.807, 2.05) is 6.92 Å². The van der Waals surface area contributed by atoms with Crippen molar-refractivity contribution in [2.24, 2.45) is 0 Å². The Balaban J connectivity index is 1.68. The number of carbonyl (C=O) groups excluding carboxylic acids is 1. The lowest BCUT2D eigenvalue weighted by atomic mass is 10.0. The van der Waals surface area contributed by atoms with E-state index in [-0.39, 0.29) is 11.9 Å². The number of piperidine rings is 1. The molecule has 2 aromatic rings. The first-order chi connectivity index (χ1) is 11.1. The van der Waals surface area contributed by atoms with Crippen molar-refractivity contribution in [2.45, 2.75) is 25.8 Å². The molecule has 1 saturated heterocycles. The van der Waals surface area contributed by atoms with E-state index in [1.54, 1.807) is 36.7 Å². The van der Waals surface area contributed by atoms with Crippen molar-refractivity contribution in [2.75, 3.05) is 18.0 Å². The Morgan fingerprint density at radius 2 is 2.09 bits per heavy atom. The highest BCUT2D eigenvalue weighted by Gasteiger charge is 2.24. The molecule has 0 aliphatic carbocycles. The summed E-state index contributed by atoms with van der Waals surface area (Å²) in [5, 5.41) is 3.72. The molecule has 0 spiro atoms. The fraction of sp³-hybridized carbons (Fsp3) is 0.353. The molecule has 0 unspecified atom stereocenters. The molecule has 120 valence electrons. The van der Waals surface area contributed by atoms with Crippen molar-refractivity contribution in [3.05, 3.63) is 52.8 Å². The van der Waals surface area contributed by atoms with Gasteiger partial charge >= 0.3 is 0 Å². The molecule has 0 radical (unpaired) electrons. The van der Waals surface area contributed by atoms with Crippen LogP contribution in [0.5, 0.6) is 0 Å². The van der Waals surface area contributed by atoms with E-state index in [4.69, 9.17) is 11.6 Å². The zero-order valence-corrected chi connectivity index (χ0v) is 13.8. The second kappa shape index (κ2) is 6.96. The van der Waals surface area contributed by atoms with Crippen LogP contribution < -0.4 is 10.2 Å². The largest absolute Gasteiger partial charge is 0.348 e. The summed E-state index contributed by atoms with van der Waals surface area (Å²) in [7, 11) is 0. The molecule has 5 nitrogen and oxygen atoms in total. The minimum absolute atomic E-state index is 0.0779. The highest BCUT2D eigenvalue weighted by atomic mass is 35.5. The van der Waals surface area contributed by atoms with Crippen molar-refractivity contribution < 1.29 is 4.79 Å². The van der Waals surface area contributed by atoms with Gasteiger partial charge in [0.15, 0.2) is 0 Å². The average molecular weight is 331 g/mol. The lowest BCUT2D eigenvalue weighted by Crippen LogP contribution is -2.48. The summed E-state index contributed by atoms with van der Waals surface area (Å²) >= 11 is 6.10. The molecule has 1 N–H and O–H groups in total. The maximum absolute atomic E-state index is 12.5. The van der Waals surface area contributed by atoms with Gasteiger partial charge in [-0.15, -0.1) is 0 Å². The summed E-state index contributed by atoms with van der Waals surface area (Å²) < 4.78 is 0. The van der Waals surface area contributed by atoms with Gasteiger partial charge in [0.1, 0.15) is 0 Å². The maximum Gasteiger partial charge on any atom is 0.251 e. The van der Waals surface area contributed by atoms with Gasteiger partial charge in [0, 0.05) is 42.1 Å². The van der Waals surface area contributed by atoms with E-state index >= 15 is 0 Å². The summed E-state index contributed by atoms with van der Waals surface area (Å²) in [4.78, 5) is 23.2. The van der Waals surface area contributed by atoms with Crippen LogP contribution in [0.3, 0.4) is 0 Å². The van der Waals surface area contributed by atoms with E-state index in [9.17, 15) is 4.79 Å². The normalized spacial score (nSPS) is 17.8. The molecule has 0 bridgehead atoms. The summed E-state index contributed by atoms with van der Waals surface area (Å²) in [6.07, 6.45) is 5.42. The summed E-state index contributed by atoms with van der Waals surface area (Å²) in [5.41, 5.74) is 1.44. The summed E-state index contributed by atoms with van der Waals surface area (Å²) in [6.45, 7) is 3.49. The van der Waals surface area contributed by atoms with E-state index in [0.29, 0.717) is 16.5 Å². The van der Waals surface area contributed by atoms with Gasteiger partial charge in [-0.1, -0.05) is 17.7 Å². The molecule has 23 heavy (non-hydrogen) atoms. The van der Waals surface area contributed by atoms with E-state index in [0.717, 1.165) is 31.5 Å². The standard InChI is InChI=1S/C17H19ClN4O/c1-12-14(6-2-7-15(12)18)16(23)21-13-5-3-10-22(11-13)17-19-8-4-9-20-17/h2,4,6-9,13H,3,5,10-11H2,1H3,(H,21,23)/t13-/m1/s1. The molecule has 3 rings (SSSR count). The highest BCUT2D eigenvalue weighted by molar-refractivity contribution is 6.31. The molecule has 6 heteroatoms. The predicted octanol–water partition coefficient (Wildman–Crippen LogP) is 2.84. The molecule has 1 aliphatic heterocycles. The van der Waals surface area contributed by atoms with Gasteiger partial charge in [-0.05, 0) is 43.5 Å². The Labute approximate surface area is 140 Å². The number of nitrogens with zero attached hydrogens (tertiary/aromatic N) is 3. The van der Waals surface area contributed by atoms with Gasteiger partial charge in [-0.3, -0.25) is 4.79 Å². The van der Waals surface area contributed by atoms with Gasteiger partial charge in [0.2, 0.25) is 5.95 Å². The Hall–Kier alpha value is -2.14. The Morgan fingerprint density at radius 1 is 1.30 bits per heavy atom. The number of aromatic nitrogens is 2. The van der Waals surface area contributed by atoms with Crippen LogP contribution in [0.2, 0.25) is 5.02 Å². The van der Waals surface area contributed by atoms with Gasteiger partial charge < -0.3 is 10.2 Å². The van der Waals surface area contributed by atoms with E-state index in [2.05, 4.69) is 20.2 Å². The average Bonchev–Trinajstić information content (AvgIpc) is 2.58. The van der Waals surface area contributed by atoms with Crippen LogP contribution in [0, 0.1) is 6.92 Å². The summed E-state index contributed by atoms with van der Waals surface area (Å²) in [6, 6.07) is 7.28. The van der Waals surface area contributed by atoms with Crippen LogP contribution in [0.4, 0.5) is 5.95 Å². The quantitative estimate of drug-likeness (QED) is 0.940. The maximum atomic E-state index is 12.5. The zero-order chi connectivity index (χ0) is 16.2. The van der Waals surface area contributed by atoms with Gasteiger partial charge in [-0.25, -0.2) is 9.97 Å². The number of benzene rings is 1. The number of hydrogen-bond acceptors (Lipinski definition) is 4. The lowest BCUT2D eigenvalue weighted by molar-refractivity contribution is 0.0932. The van der Waals surface area contributed by atoms with Crippen molar-refractivity contribution in [3.8, 4) is 0 Å². The molecule has 1 amide bonds. The first-order valence-corrected chi connectivity index (χ1v) is 8.11. The van der Waals surface area contributed by atoms with Crippen LogP contribution >= 0.6 is 11.6 Å². The smallest absolute Gasteiger partial charge is 0.251 e. The monoisotopic (exact) mass is 330 g/mol. The number of rotatable bonds is 3. The summed E-state index contributed by atoms with van der Waals surface area (Å²) in [5.74, 6) is 0.635. The third kappa shape index (κ3) is 3.62. The molecular weight excluding hydrogens is 312 g/mol. The molecule has 1 fully saturated rings. The highest BCUT2D eigenvalue weighted by Crippen LogP contribution is 2.20. The lowest BCUT2D eigenvalue weighted by Gasteiger charge is -2.33. The SMILES string of the molecule is Cc1c(Cl)cccc1C(=O)N[C@@H]1CCCN(c2ncccn2)C1. The second-order valence-electron chi connectivity index (χ2n) is 5.72. The van der Waals surface area contributed by atoms with Crippen molar-refractivity contribution in [1.29, 1.82) is 0 Å². The fourth-order valence-corrected chi connectivity index (χ4v) is 3.02. The van der Waals surface area contributed by atoms with Gasteiger partial charge in [-0.2, -0.15) is 0 Å². The first-order valence-electron chi connectivity index (χ1n) is 7.73. The first kappa shape index (κ1) is 15.7. The molecule has 1 aliphatic rings. The number of halogens is 1. The Morgan fingerprint density at radius 3 is 2.87 bits per heavy atom. The number of amides is 1. The van der Waals surface area contributed by atoms with Crippen LogP contribution in [-0.2, 0) is 0 Å². The zero-order valence-electron chi connectivity index (χ0n) is 13.0. The van der Waals surface area contributed by atoms with E-state index in [1.165, 1.54) is 0 Å². The van der Waals surface area contributed by atoms with Crippen LogP contribution in [0.15, 0.2) is 36.7 Å². The molecule has 0 saturated carbocycles. The van der Waals surface area contributed by atoms with Gasteiger partial charge in [0.05, 0.1) is 0 Å². The molecule has 1 aromatic heterocycles. The second-order valence-corrected chi connectivity index (χ2v) is 6.13. The topological polar surface area (TPSA) is 58.1 Å².